The first-order valence-corrected chi connectivity index (χ1v) is 14.1. The molecule has 7 aromatic carbocycles. The van der Waals surface area contributed by atoms with Crippen LogP contribution in [0.25, 0.3) is 54.5 Å². The molecule has 1 heterocycles. The molecule has 0 bridgehead atoms. The zero-order valence-electron chi connectivity index (χ0n) is 22.8. The SMILES string of the molecule is Cn1c2cc(N(c3ccccc3)c3cccc(-c4ccccc4)c3)ccc2c2c3ccccc3c3ccccc3c21. The fourth-order valence-corrected chi connectivity index (χ4v) is 6.49. The third-order valence-electron chi connectivity index (χ3n) is 8.34. The Bertz CT molecular complexity index is 2210. The number of hydrogen-bond donors (Lipinski definition) is 0. The molecule has 8 rings (SSSR count). The molecule has 0 aliphatic carbocycles. The average Bonchev–Trinajstić information content (AvgIpc) is 3.34. The Balaban J connectivity index is 1.40. The number of benzene rings is 7. The summed E-state index contributed by atoms with van der Waals surface area (Å²) in [6.07, 6.45) is 0. The Kier molecular flexibility index (Phi) is 5.39. The molecule has 0 saturated carbocycles. The minimum atomic E-state index is 1.13. The number of aromatic nitrogens is 1. The van der Waals surface area contributed by atoms with Gasteiger partial charge >= 0.3 is 0 Å². The predicted octanol–water partition coefficient (Wildman–Crippen LogP) is 10.8. The van der Waals surface area contributed by atoms with Crippen LogP contribution in [0.4, 0.5) is 17.1 Å². The number of hydrogen-bond acceptors (Lipinski definition) is 1. The van der Waals surface area contributed by atoms with Gasteiger partial charge in [0.2, 0.25) is 0 Å². The highest BCUT2D eigenvalue weighted by Crippen LogP contribution is 2.43. The fraction of sp³-hybridized carbons (Fsp3) is 0.0256. The maximum atomic E-state index is 2.38. The highest BCUT2D eigenvalue weighted by atomic mass is 15.1. The smallest absolute Gasteiger partial charge is 0.0574 e. The van der Waals surface area contributed by atoms with E-state index in [-0.39, 0.29) is 0 Å². The third kappa shape index (κ3) is 3.72. The van der Waals surface area contributed by atoms with Crippen molar-refractivity contribution in [3.8, 4) is 11.1 Å². The summed E-state index contributed by atoms with van der Waals surface area (Å²) in [5.74, 6) is 0. The van der Waals surface area contributed by atoms with Gasteiger partial charge < -0.3 is 9.47 Å². The summed E-state index contributed by atoms with van der Waals surface area (Å²) in [7, 11) is 2.21. The number of nitrogens with zero attached hydrogens (tertiary/aromatic N) is 2. The second kappa shape index (κ2) is 9.39. The van der Waals surface area contributed by atoms with Crippen LogP contribution in [0.3, 0.4) is 0 Å². The minimum Gasteiger partial charge on any atom is -0.343 e. The van der Waals surface area contributed by atoms with Crippen LogP contribution in [0.2, 0.25) is 0 Å². The first kappa shape index (κ1) is 23.5. The summed E-state index contributed by atoms with van der Waals surface area (Å²) in [4.78, 5) is 2.36. The van der Waals surface area contributed by atoms with Crippen molar-refractivity contribution >= 4 is 60.4 Å². The van der Waals surface area contributed by atoms with Gasteiger partial charge in [-0.1, -0.05) is 115 Å². The summed E-state index contributed by atoms with van der Waals surface area (Å²) in [5, 5.41) is 7.79. The molecule has 0 fully saturated rings. The van der Waals surface area contributed by atoms with Gasteiger partial charge in [0.1, 0.15) is 0 Å². The summed E-state index contributed by atoms with van der Waals surface area (Å²) >= 11 is 0. The summed E-state index contributed by atoms with van der Waals surface area (Å²) in [6, 6.07) is 54.6. The van der Waals surface area contributed by atoms with E-state index >= 15 is 0 Å². The van der Waals surface area contributed by atoms with Crippen LogP contribution < -0.4 is 4.90 Å². The Morgan fingerprint density at radius 3 is 1.73 bits per heavy atom. The number of fused-ring (bicyclic) bond motifs is 8. The number of anilines is 3. The van der Waals surface area contributed by atoms with Crippen molar-refractivity contribution in [1.82, 2.24) is 4.57 Å². The van der Waals surface area contributed by atoms with Crippen LogP contribution in [0, 0.1) is 0 Å². The van der Waals surface area contributed by atoms with E-state index < -0.39 is 0 Å². The van der Waals surface area contributed by atoms with Gasteiger partial charge in [0.05, 0.1) is 11.0 Å². The van der Waals surface area contributed by atoms with Crippen LogP contribution in [-0.4, -0.2) is 4.57 Å². The zero-order chi connectivity index (χ0) is 27.3. The van der Waals surface area contributed by atoms with Crippen molar-refractivity contribution < 1.29 is 0 Å². The predicted molar refractivity (Wildman–Crippen MR) is 176 cm³/mol. The second-order valence-electron chi connectivity index (χ2n) is 10.7. The van der Waals surface area contributed by atoms with Gasteiger partial charge in [0.15, 0.2) is 0 Å². The molecule has 8 aromatic rings. The second-order valence-corrected chi connectivity index (χ2v) is 10.7. The molecule has 0 unspecified atom stereocenters. The Labute approximate surface area is 239 Å². The Hall–Kier alpha value is -5.34. The summed E-state index contributed by atoms with van der Waals surface area (Å²) < 4.78 is 2.38. The highest BCUT2D eigenvalue weighted by Gasteiger charge is 2.19. The van der Waals surface area contributed by atoms with Crippen molar-refractivity contribution in [1.29, 1.82) is 0 Å². The largest absolute Gasteiger partial charge is 0.343 e. The van der Waals surface area contributed by atoms with Crippen LogP contribution in [0.5, 0.6) is 0 Å². The first-order valence-electron chi connectivity index (χ1n) is 14.1. The number of para-hydroxylation sites is 1. The molecule has 0 saturated heterocycles. The van der Waals surface area contributed by atoms with Crippen molar-refractivity contribution in [3.05, 3.63) is 152 Å². The lowest BCUT2D eigenvalue weighted by atomic mass is 9.97. The molecule has 0 radical (unpaired) electrons. The normalized spacial score (nSPS) is 11.5. The van der Waals surface area contributed by atoms with Gasteiger partial charge in [-0.05, 0) is 63.7 Å². The molecule has 0 N–H and O–H groups in total. The highest BCUT2D eigenvalue weighted by molar-refractivity contribution is 6.31. The van der Waals surface area contributed by atoms with E-state index in [0.717, 1.165) is 17.1 Å². The van der Waals surface area contributed by atoms with Gasteiger partial charge in [0, 0.05) is 40.3 Å². The van der Waals surface area contributed by atoms with Crippen LogP contribution in [0.15, 0.2) is 152 Å². The lowest BCUT2D eigenvalue weighted by Crippen LogP contribution is -2.10. The average molecular weight is 525 g/mol. The molecule has 41 heavy (non-hydrogen) atoms. The number of aryl methyl sites for hydroxylation is 1. The van der Waals surface area contributed by atoms with E-state index in [9.17, 15) is 0 Å². The number of rotatable bonds is 4. The van der Waals surface area contributed by atoms with Crippen molar-refractivity contribution in [2.24, 2.45) is 7.05 Å². The molecule has 2 heteroatoms. The van der Waals surface area contributed by atoms with Gasteiger partial charge in [-0.2, -0.15) is 0 Å². The van der Waals surface area contributed by atoms with Gasteiger partial charge in [-0.25, -0.2) is 0 Å². The molecule has 2 nitrogen and oxygen atoms in total. The van der Waals surface area contributed by atoms with Crippen molar-refractivity contribution in [3.63, 3.8) is 0 Å². The van der Waals surface area contributed by atoms with Gasteiger partial charge in [-0.15, -0.1) is 0 Å². The maximum absolute atomic E-state index is 2.38. The van der Waals surface area contributed by atoms with Gasteiger partial charge in [-0.3, -0.25) is 0 Å². The lowest BCUT2D eigenvalue weighted by molar-refractivity contribution is 1.02. The molecule has 0 spiro atoms. The van der Waals surface area contributed by atoms with Crippen LogP contribution in [-0.2, 0) is 7.05 Å². The first-order chi connectivity index (χ1) is 20.3. The van der Waals surface area contributed by atoms with Crippen molar-refractivity contribution in [2.75, 3.05) is 4.90 Å². The molecule has 0 aliphatic heterocycles. The minimum absolute atomic E-state index is 1.13. The van der Waals surface area contributed by atoms with E-state index in [0.29, 0.717) is 0 Å². The van der Waals surface area contributed by atoms with Crippen LogP contribution >= 0.6 is 0 Å². The van der Waals surface area contributed by atoms with Crippen molar-refractivity contribution in [2.45, 2.75) is 0 Å². The summed E-state index contributed by atoms with van der Waals surface area (Å²) in [5.41, 5.74) is 8.31. The van der Waals surface area contributed by atoms with E-state index in [1.807, 2.05) is 0 Å². The summed E-state index contributed by atoms with van der Waals surface area (Å²) in [6.45, 7) is 0. The maximum Gasteiger partial charge on any atom is 0.0574 e. The van der Waals surface area contributed by atoms with E-state index in [2.05, 4.69) is 168 Å². The standard InChI is InChI=1S/C39H28N2/c1-40-37-26-31(23-24-36(37)38-34-21-10-8-19-32(34)33-20-9-11-22-35(33)39(38)40)41(29-16-6-3-7-17-29)30-18-12-15-28(25-30)27-13-4-2-5-14-27/h2-26H,1H3. The topological polar surface area (TPSA) is 8.17 Å². The fourth-order valence-electron chi connectivity index (χ4n) is 6.49. The molecular weight excluding hydrogens is 496 g/mol. The monoisotopic (exact) mass is 524 g/mol. The quantitative estimate of drug-likeness (QED) is 0.208. The third-order valence-corrected chi connectivity index (χ3v) is 8.34. The Morgan fingerprint density at radius 1 is 0.415 bits per heavy atom. The molecule has 194 valence electrons. The van der Waals surface area contributed by atoms with E-state index in [1.165, 1.54) is 54.5 Å². The van der Waals surface area contributed by atoms with Gasteiger partial charge in [0.25, 0.3) is 0 Å². The molecule has 1 aromatic heterocycles. The van der Waals surface area contributed by atoms with E-state index in [4.69, 9.17) is 0 Å². The molecule has 0 aliphatic rings. The zero-order valence-corrected chi connectivity index (χ0v) is 22.8. The molecular formula is C39H28N2. The van der Waals surface area contributed by atoms with E-state index in [1.54, 1.807) is 0 Å². The Morgan fingerprint density at radius 2 is 0.976 bits per heavy atom. The lowest BCUT2D eigenvalue weighted by Gasteiger charge is -2.26. The molecule has 0 amide bonds. The molecule has 0 atom stereocenters. The van der Waals surface area contributed by atoms with Crippen LogP contribution in [0.1, 0.15) is 0 Å².